The molecule has 25 heavy (non-hydrogen) atoms. The number of methoxy groups -OCH3 is 2. The highest BCUT2D eigenvalue weighted by Gasteiger charge is 2.53. The van der Waals surface area contributed by atoms with Crippen LogP contribution in [0.15, 0.2) is 18.2 Å². The second kappa shape index (κ2) is 7.64. The molecule has 0 aliphatic carbocycles. The molecule has 0 aromatic heterocycles. The molecule has 0 saturated heterocycles. The molecule has 5 N–H and O–H groups in total. The van der Waals surface area contributed by atoms with Gasteiger partial charge in [0.25, 0.3) is 5.60 Å². The fraction of sp³-hybridized carbons (Fsp3) is 0.267. The molecular weight excluding hydrogens is 340 g/mol. The van der Waals surface area contributed by atoms with Crippen LogP contribution in [0, 0.1) is 0 Å². The highest BCUT2D eigenvalue weighted by molar-refractivity contribution is 6.16. The van der Waals surface area contributed by atoms with Crippen molar-refractivity contribution >= 4 is 23.8 Å². The van der Waals surface area contributed by atoms with Crippen LogP contribution in [0.25, 0.3) is 6.08 Å². The number of aliphatic hydroxyl groups excluding tert-OH is 1. The zero-order valence-corrected chi connectivity index (χ0v) is 13.2. The zero-order chi connectivity index (χ0) is 19.4. The van der Waals surface area contributed by atoms with E-state index in [1.165, 1.54) is 26.4 Å². The Labute approximate surface area is 141 Å². The van der Waals surface area contributed by atoms with E-state index in [1.807, 2.05) is 0 Å². The number of aliphatic carboxylic acids is 2. The Balaban J connectivity index is 3.25. The van der Waals surface area contributed by atoms with Crippen molar-refractivity contribution in [2.24, 2.45) is 0 Å². The van der Waals surface area contributed by atoms with Gasteiger partial charge in [-0.25, -0.2) is 9.59 Å². The fourth-order valence-corrected chi connectivity index (χ4v) is 1.84. The lowest BCUT2D eigenvalue weighted by Crippen LogP contribution is -2.58. The van der Waals surface area contributed by atoms with Gasteiger partial charge < -0.3 is 35.0 Å². The average Bonchev–Trinajstić information content (AvgIpc) is 2.58. The first kappa shape index (κ1) is 19.9. The van der Waals surface area contributed by atoms with Crippen molar-refractivity contribution in [3.8, 4) is 17.2 Å². The molecule has 1 aromatic rings. The van der Waals surface area contributed by atoms with Crippen molar-refractivity contribution < 1.29 is 49.4 Å². The van der Waals surface area contributed by atoms with Crippen LogP contribution in [0.4, 0.5) is 0 Å². The smallest absolute Gasteiger partial charge is 0.347 e. The average molecular weight is 356 g/mol. The summed E-state index contributed by atoms with van der Waals surface area (Å²) in [5.74, 6) is -6.20. The summed E-state index contributed by atoms with van der Waals surface area (Å²) in [6, 6.07) is 2.55. The standard InChI is InChI=1S/C15H16O10/c1-24-8-5-7(6-9(25-2)11(8)17)3-4-10(16)15(23,14(21)22)12(18)13(19)20/h3-6,12,17-18,23H,1-2H3,(H,19,20)(H,21,22)/b4-3+. The van der Waals surface area contributed by atoms with Gasteiger partial charge in [-0.15, -0.1) is 0 Å². The van der Waals surface area contributed by atoms with Crippen LogP contribution in [0.2, 0.25) is 0 Å². The topological polar surface area (TPSA) is 171 Å². The first-order valence-electron chi connectivity index (χ1n) is 6.63. The van der Waals surface area contributed by atoms with Gasteiger partial charge in [0, 0.05) is 0 Å². The van der Waals surface area contributed by atoms with Crippen LogP contribution in [0.5, 0.6) is 17.2 Å². The summed E-state index contributed by atoms with van der Waals surface area (Å²) >= 11 is 0. The van der Waals surface area contributed by atoms with Crippen LogP contribution >= 0.6 is 0 Å². The summed E-state index contributed by atoms with van der Waals surface area (Å²) in [5.41, 5.74) is -3.36. The molecule has 10 nitrogen and oxygen atoms in total. The van der Waals surface area contributed by atoms with Crippen LogP contribution in [-0.4, -0.2) is 69.2 Å². The summed E-state index contributed by atoms with van der Waals surface area (Å²) < 4.78 is 9.80. The molecule has 0 saturated carbocycles. The molecule has 1 rings (SSSR count). The van der Waals surface area contributed by atoms with Crippen molar-refractivity contribution in [1.29, 1.82) is 0 Å². The van der Waals surface area contributed by atoms with Gasteiger partial charge in [-0.05, 0) is 23.8 Å². The molecule has 0 aliphatic rings. The Morgan fingerprint density at radius 2 is 1.60 bits per heavy atom. The molecule has 2 unspecified atom stereocenters. The predicted octanol–water partition coefficient (Wildman–Crippen LogP) is -0.747. The lowest BCUT2D eigenvalue weighted by molar-refractivity contribution is -0.184. The van der Waals surface area contributed by atoms with E-state index in [0.29, 0.717) is 6.08 Å². The number of benzene rings is 1. The number of carboxylic acids is 2. The van der Waals surface area contributed by atoms with Gasteiger partial charge in [0.1, 0.15) is 0 Å². The predicted molar refractivity (Wildman–Crippen MR) is 81.5 cm³/mol. The van der Waals surface area contributed by atoms with Crippen LogP contribution in [0.1, 0.15) is 5.56 Å². The molecule has 0 radical (unpaired) electrons. The Morgan fingerprint density at radius 3 is 1.96 bits per heavy atom. The third kappa shape index (κ3) is 3.87. The number of aromatic hydroxyl groups is 1. The van der Waals surface area contributed by atoms with Crippen molar-refractivity contribution in [3.63, 3.8) is 0 Å². The van der Waals surface area contributed by atoms with E-state index in [4.69, 9.17) is 19.7 Å². The van der Waals surface area contributed by atoms with Crippen molar-refractivity contribution in [2.45, 2.75) is 11.7 Å². The van der Waals surface area contributed by atoms with Crippen LogP contribution in [0.3, 0.4) is 0 Å². The molecule has 1 aromatic carbocycles. The van der Waals surface area contributed by atoms with Gasteiger partial charge >= 0.3 is 11.9 Å². The third-order valence-electron chi connectivity index (χ3n) is 3.26. The second-order valence-corrected chi connectivity index (χ2v) is 4.78. The lowest BCUT2D eigenvalue weighted by Gasteiger charge is -2.23. The summed E-state index contributed by atoms with van der Waals surface area (Å²) in [5, 5.41) is 46.5. The molecule has 0 fully saturated rings. The van der Waals surface area contributed by atoms with E-state index in [-0.39, 0.29) is 22.8 Å². The van der Waals surface area contributed by atoms with Crippen molar-refractivity contribution in [1.82, 2.24) is 0 Å². The monoisotopic (exact) mass is 356 g/mol. The highest BCUT2D eigenvalue weighted by Crippen LogP contribution is 2.37. The minimum atomic E-state index is -3.56. The first-order chi connectivity index (χ1) is 11.6. The van der Waals surface area contributed by atoms with Crippen LogP contribution in [-0.2, 0) is 14.4 Å². The van der Waals surface area contributed by atoms with Gasteiger partial charge in [-0.3, -0.25) is 4.79 Å². The van der Waals surface area contributed by atoms with E-state index in [0.717, 1.165) is 6.08 Å². The highest BCUT2D eigenvalue weighted by atomic mass is 16.5. The Kier molecular flexibility index (Phi) is 6.09. The lowest BCUT2D eigenvalue weighted by atomic mass is 9.91. The normalized spacial score (nSPS) is 14.6. The SMILES string of the molecule is COc1cc(/C=C/C(=O)C(O)(C(=O)O)C(O)C(=O)O)cc(OC)c1O. The molecule has 0 amide bonds. The maximum atomic E-state index is 11.9. The van der Waals surface area contributed by atoms with E-state index in [9.17, 15) is 29.7 Å². The number of rotatable bonds is 8. The Bertz CT molecular complexity index is 698. The summed E-state index contributed by atoms with van der Waals surface area (Å²) in [6.07, 6.45) is -1.27. The molecule has 0 aliphatic heterocycles. The van der Waals surface area contributed by atoms with Crippen LogP contribution < -0.4 is 9.47 Å². The number of phenolic OH excluding ortho intramolecular Hbond substituents is 1. The molecule has 136 valence electrons. The fourth-order valence-electron chi connectivity index (χ4n) is 1.84. The number of ether oxygens (including phenoxy) is 2. The van der Waals surface area contributed by atoms with E-state index in [2.05, 4.69) is 0 Å². The van der Waals surface area contributed by atoms with E-state index < -0.39 is 29.4 Å². The summed E-state index contributed by atoms with van der Waals surface area (Å²) in [7, 11) is 2.53. The zero-order valence-electron chi connectivity index (χ0n) is 13.2. The number of carboxylic acid groups (broad SMARTS) is 2. The Morgan fingerprint density at radius 1 is 1.12 bits per heavy atom. The molecule has 2 atom stereocenters. The largest absolute Gasteiger partial charge is 0.502 e. The summed E-state index contributed by atoms with van der Waals surface area (Å²) in [4.78, 5) is 33.7. The minimum absolute atomic E-state index is 0.00878. The van der Waals surface area contributed by atoms with E-state index >= 15 is 0 Å². The molecule has 0 heterocycles. The first-order valence-corrected chi connectivity index (χ1v) is 6.63. The number of hydrogen-bond acceptors (Lipinski definition) is 8. The second-order valence-electron chi connectivity index (χ2n) is 4.78. The van der Waals surface area contributed by atoms with Crippen molar-refractivity contribution in [3.05, 3.63) is 23.8 Å². The molecular formula is C15H16O10. The maximum Gasteiger partial charge on any atom is 0.347 e. The van der Waals surface area contributed by atoms with Crippen molar-refractivity contribution in [2.75, 3.05) is 14.2 Å². The number of aliphatic hydroxyl groups is 2. The van der Waals surface area contributed by atoms with Gasteiger partial charge in [-0.1, -0.05) is 6.08 Å². The van der Waals surface area contributed by atoms with Gasteiger partial charge in [0.05, 0.1) is 14.2 Å². The summed E-state index contributed by atoms with van der Waals surface area (Å²) in [6.45, 7) is 0. The van der Waals surface area contributed by atoms with E-state index in [1.54, 1.807) is 0 Å². The Hall–Kier alpha value is -3.11. The number of phenols is 1. The maximum absolute atomic E-state index is 11.9. The van der Waals surface area contributed by atoms with Gasteiger partial charge in [0.15, 0.2) is 17.6 Å². The molecule has 0 spiro atoms. The van der Waals surface area contributed by atoms with Gasteiger partial charge in [-0.2, -0.15) is 0 Å². The quantitative estimate of drug-likeness (QED) is 0.295. The third-order valence-corrected chi connectivity index (χ3v) is 3.26. The minimum Gasteiger partial charge on any atom is -0.502 e. The number of carbonyl (C=O) groups excluding carboxylic acids is 1. The number of hydrogen-bond donors (Lipinski definition) is 5. The van der Waals surface area contributed by atoms with Gasteiger partial charge in [0.2, 0.25) is 11.5 Å². The number of carbonyl (C=O) groups is 3. The molecule has 10 heteroatoms. The molecule has 0 bridgehead atoms. The number of ketones is 1.